The Bertz CT molecular complexity index is 444. The van der Waals surface area contributed by atoms with E-state index in [2.05, 4.69) is 6.58 Å². The van der Waals surface area contributed by atoms with Gasteiger partial charge in [-0.25, -0.2) is 4.79 Å². The summed E-state index contributed by atoms with van der Waals surface area (Å²) in [6, 6.07) is 3.15. The number of hydrogen-bond donors (Lipinski definition) is 1. The first-order chi connectivity index (χ1) is 8.04. The fraction of sp³-hybridized carbons (Fsp3) is 0.0833. The Kier molecular flexibility index (Phi) is 5.07. The summed E-state index contributed by atoms with van der Waals surface area (Å²) in [6.07, 6.45) is 3.98. The average Bonchev–Trinajstić information content (AvgIpc) is 2.25. The molecule has 0 aromatic heterocycles. The smallest absolute Gasteiger partial charge is 0.328 e. The quantitative estimate of drug-likeness (QED) is 0.657. The van der Waals surface area contributed by atoms with Crippen molar-refractivity contribution in [3.63, 3.8) is 0 Å². The number of carboxylic acid groups (broad SMARTS) is 1. The second-order valence-corrected chi connectivity index (χ2v) is 3.90. The summed E-state index contributed by atoms with van der Waals surface area (Å²) in [7, 11) is 0. The van der Waals surface area contributed by atoms with Crippen LogP contribution in [-0.2, 0) is 4.79 Å². The number of rotatable bonds is 5. The van der Waals surface area contributed by atoms with Gasteiger partial charge in [-0.1, -0.05) is 35.9 Å². The van der Waals surface area contributed by atoms with Crippen molar-refractivity contribution in [2.24, 2.45) is 0 Å². The van der Waals surface area contributed by atoms with E-state index >= 15 is 0 Å². The fourth-order valence-corrected chi connectivity index (χ4v) is 1.74. The van der Waals surface area contributed by atoms with E-state index in [9.17, 15) is 4.79 Å². The van der Waals surface area contributed by atoms with E-state index in [1.165, 1.54) is 6.08 Å². The van der Waals surface area contributed by atoms with Crippen molar-refractivity contribution in [3.8, 4) is 5.75 Å². The molecule has 0 unspecified atom stereocenters. The van der Waals surface area contributed by atoms with Crippen LogP contribution in [0, 0.1) is 0 Å². The summed E-state index contributed by atoms with van der Waals surface area (Å²) in [5.74, 6) is -0.676. The minimum atomic E-state index is -1.04. The SMILES string of the molecule is C=CCOc1c(Cl)cc(C=CC(=O)O)cc1Cl. The molecule has 0 bridgehead atoms. The maximum atomic E-state index is 10.4. The molecular formula is C12H10Cl2O3. The van der Waals surface area contributed by atoms with Crippen LogP contribution < -0.4 is 4.74 Å². The molecule has 1 aromatic rings. The standard InChI is InChI=1S/C12H10Cl2O3/c1-2-5-17-12-9(13)6-8(7-10(12)14)3-4-11(15)16/h2-4,6-7H,1,5H2,(H,15,16). The molecule has 0 spiro atoms. The van der Waals surface area contributed by atoms with Crippen molar-refractivity contribution in [2.45, 2.75) is 0 Å². The van der Waals surface area contributed by atoms with Gasteiger partial charge in [0.1, 0.15) is 6.61 Å². The van der Waals surface area contributed by atoms with Gasteiger partial charge in [-0.2, -0.15) is 0 Å². The van der Waals surface area contributed by atoms with Gasteiger partial charge in [0.25, 0.3) is 0 Å². The van der Waals surface area contributed by atoms with Crippen LogP contribution in [0.1, 0.15) is 5.56 Å². The lowest BCUT2D eigenvalue weighted by Gasteiger charge is -2.08. The molecule has 90 valence electrons. The van der Waals surface area contributed by atoms with Crippen LogP contribution in [-0.4, -0.2) is 17.7 Å². The third kappa shape index (κ3) is 4.13. The molecular weight excluding hydrogens is 263 g/mol. The summed E-state index contributed by atoms with van der Waals surface area (Å²) in [5.41, 5.74) is 0.591. The van der Waals surface area contributed by atoms with Crippen molar-refractivity contribution in [1.82, 2.24) is 0 Å². The summed E-state index contributed by atoms with van der Waals surface area (Å²) >= 11 is 11.9. The van der Waals surface area contributed by atoms with Crippen LogP contribution in [0.4, 0.5) is 0 Å². The van der Waals surface area contributed by atoms with Gasteiger partial charge >= 0.3 is 5.97 Å². The van der Waals surface area contributed by atoms with Crippen molar-refractivity contribution >= 4 is 35.2 Å². The van der Waals surface area contributed by atoms with E-state index in [-0.39, 0.29) is 0 Å². The molecule has 0 radical (unpaired) electrons. The lowest BCUT2D eigenvalue weighted by Crippen LogP contribution is -1.95. The molecule has 17 heavy (non-hydrogen) atoms. The Labute approximate surface area is 109 Å². The van der Waals surface area contributed by atoms with Crippen LogP contribution in [0.15, 0.2) is 30.9 Å². The Morgan fingerprint density at radius 3 is 2.47 bits per heavy atom. The third-order valence-electron chi connectivity index (χ3n) is 1.78. The van der Waals surface area contributed by atoms with Crippen molar-refractivity contribution in [1.29, 1.82) is 0 Å². The normalized spacial score (nSPS) is 10.5. The molecule has 1 aromatic carbocycles. The average molecular weight is 273 g/mol. The molecule has 0 aliphatic heterocycles. The predicted octanol–water partition coefficient (Wildman–Crippen LogP) is 3.66. The Morgan fingerprint density at radius 1 is 1.41 bits per heavy atom. The summed E-state index contributed by atoms with van der Waals surface area (Å²) in [5, 5.41) is 9.14. The van der Waals surface area contributed by atoms with Crippen LogP contribution in [0.2, 0.25) is 10.0 Å². The number of benzene rings is 1. The van der Waals surface area contributed by atoms with E-state index in [4.69, 9.17) is 33.0 Å². The highest BCUT2D eigenvalue weighted by atomic mass is 35.5. The van der Waals surface area contributed by atoms with Gasteiger partial charge in [0.15, 0.2) is 5.75 Å². The lowest BCUT2D eigenvalue weighted by molar-refractivity contribution is -0.131. The van der Waals surface area contributed by atoms with Gasteiger partial charge in [0.05, 0.1) is 10.0 Å². The highest BCUT2D eigenvalue weighted by Crippen LogP contribution is 2.34. The molecule has 3 nitrogen and oxygen atoms in total. The predicted molar refractivity (Wildman–Crippen MR) is 68.8 cm³/mol. The van der Waals surface area contributed by atoms with E-state index < -0.39 is 5.97 Å². The summed E-state index contributed by atoms with van der Waals surface area (Å²) < 4.78 is 5.27. The van der Waals surface area contributed by atoms with Gasteiger partial charge in [0.2, 0.25) is 0 Å². The first-order valence-electron chi connectivity index (χ1n) is 4.68. The van der Waals surface area contributed by atoms with Crippen LogP contribution in [0.5, 0.6) is 5.75 Å². The monoisotopic (exact) mass is 272 g/mol. The number of hydrogen-bond acceptors (Lipinski definition) is 2. The van der Waals surface area contributed by atoms with Crippen molar-refractivity contribution in [3.05, 3.63) is 46.5 Å². The van der Waals surface area contributed by atoms with Crippen LogP contribution >= 0.6 is 23.2 Å². The van der Waals surface area contributed by atoms with Crippen LogP contribution in [0.3, 0.4) is 0 Å². The molecule has 0 aliphatic carbocycles. The first kappa shape index (κ1) is 13.6. The van der Waals surface area contributed by atoms with E-state index in [1.54, 1.807) is 18.2 Å². The molecule has 0 saturated carbocycles. The lowest BCUT2D eigenvalue weighted by atomic mass is 10.2. The molecule has 0 aliphatic rings. The Balaban J connectivity index is 3.00. The number of aliphatic carboxylic acids is 1. The Hall–Kier alpha value is -1.45. The summed E-state index contributed by atoms with van der Waals surface area (Å²) in [6.45, 7) is 3.81. The van der Waals surface area contributed by atoms with Gasteiger partial charge in [-0.3, -0.25) is 0 Å². The molecule has 5 heteroatoms. The zero-order valence-electron chi connectivity index (χ0n) is 8.82. The van der Waals surface area contributed by atoms with Gasteiger partial charge < -0.3 is 9.84 Å². The molecule has 1 N–H and O–H groups in total. The second kappa shape index (κ2) is 6.33. The van der Waals surface area contributed by atoms with Gasteiger partial charge in [0, 0.05) is 6.08 Å². The third-order valence-corrected chi connectivity index (χ3v) is 2.35. The van der Waals surface area contributed by atoms with Gasteiger partial charge in [-0.05, 0) is 23.8 Å². The zero-order valence-corrected chi connectivity index (χ0v) is 10.3. The van der Waals surface area contributed by atoms with Crippen molar-refractivity contribution < 1.29 is 14.6 Å². The maximum absolute atomic E-state index is 10.4. The number of carboxylic acids is 1. The largest absolute Gasteiger partial charge is 0.486 e. The molecule has 1 rings (SSSR count). The minimum Gasteiger partial charge on any atom is -0.486 e. The molecule has 0 fully saturated rings. The number of halogens is 2. The van der Waals surface area contributed by atoms with Crippen molar-refractivity contribution in [2.75, 3.05) is 6.61 Å². The number of carbonyl (C=O) groups is 1. The number of ether oxygens (including phenoxy) is 1. The molecule has 0 saturated heterocycles. The maximum Gasteiger partial charge on any atom is 0.328 e. The van der Waals surface area contributed by atoms with Crippen LogP contribution in [0.25, 0.3) is 6.08 Å². The van der Waals surface area contributed by atoms with Gasteiger partial charge in [-0.15, -0.1) is 0 Å². The highest BCUT2D eigenvalue weighted by molar-refractivity contribution is 6.37. The highest BCUT2D eigenvalue weighted by Gasteiger charge is 2.08. The van der Waals surface area contributed by atoms with E-state index in [0.717, 1.165) is 6.08 Å². The topological polar surface area (TPSA) is 46.5 Å². The molecule has 0 amide bonds. The fourth-order valence-electron chi connectivity index (χ4n) is 1.12. The molecule has 0 atom stereocenters. The van der Waals surface area contributed by atoms with E-state index in [1.807, 2.05) is 0 Å². The zero-order chi connectivity index (χ0) is 12.8. The van der Waals surface area contributed by atoms with E-state index in [0.29, 0.717) is 28.0 Å². The Morgan fingerprint density at radius 2 is 2.00 bits per heavy atom. The molecule has 0 heterocycles. The second-order valence-electron chi connectivity index (χ2n) is 3.08. The summed E-state index contributed by atoms with van der Waals surface area (Å²) in [4.78, 5) is 10.4. The first-order valence-corrected chi connectivity index (χ1v) is 5.44. The minimum absolute atomic E-state index is 0.295.